The highest BCUT2D eigenvalue weighted by atomic mass is 32.1. The molecule has 0 amide bonds. The summed E-state index contributed by atoms with van der Waals surface area (Å²) < 4.78 is 5.94. The summed E-state index contributed by atoms with van der Waals surface area (Å²) in [5.74, 6) is 1.01. The van der Waals surface area contributed by atoms with E-state index in [-0.39, 0.29) is 0 Å². The molecule has 1 aromatic carbocycles. The van der Waals surface area contributed by atoms with Gasteiger partial charge in [0.25, 0.3) is 0 Å². The lowest BCUT2D eigenvalue weighted by Crippen LogP contribution is -2.12. The third-order valence-corrected chi connectivity index (χ3v) is 4.23. The Bertz CT molecular complexity index is 521. The lowest BCUT2D eigenvalue weighted by Gasteiger charge is -2.08. The molecule has 0 fully saturated rings. The van der Waals surface area contributed by atoms with E-state index in [4.69, 9.17) is 4.74 Å². The fourth-order valence-corrected chi connectivity index (χ4v) is 2.97. The van der Waals surface area contributed by atoms with E-state index < -0.39 is 0 Å². The van der Waals surface area contributed by atoms with Crippen molar-refractivity contribution in [1.29, 1.82) is 0 Å². The second kappa shape index (κ2) is 8.08. The van der Waals surface area contributed by atoms with Gasteiger partial charge in [-0.25, -0.2) is 0 Å². The fourth-order valence-electron chi connectivity index (χ4n) is 2.07. The Hall–Kier alpha value is -1.32. The second-order valence-corrected chi connectivity index (χ2v) is 6.05. The largest absolute Gasteiger partial charge is 0.488 e. The third-order valence-electron chi connectivity index (χ3n) is 3.17. The molecule has 0 saturated carbocycles. The minimum Gasteiger partial charge on any atom is -0.488 e. The topological polar surface area (TPSA) is 21.3 Å². The molecule has 2 nitrogen and oxygen atoms in total. The van der Waals surface area contributed by atoms with Gasteiger partial charge in [-0.3, -0.25) is 0 Å². The molecule has 108 valence electrons. The number of aryl methyl sites for hydroxylation is 1. The molecular weight excluding hydrogens is 266 g/mol. The van der Waals surface area contributed by atoms with E-state index in [0.29, 0.717) is 6.61 Å². The Kier molecular flexibility index (Phi) is 6.09. The SMILES string of the molecule is CCCNCc1ccc(COc2ccccc2CC)s1. The average Bonchev–Trinajstić information content (AvgIpc) is 2.93. The van der Waals surface area contributed by atoms with Crippen LogP contribution in [0, 0.1) is 0 Å². The summed E-state index contributed by atoms with van der Waals surface area (Å²) >= 11 is 1.83. The van der Waals surface area contributed by atoms with Crippen LogP contribution in [0.3, 0.4) is 0 Å². The van der Waals surface area contributed by atoms with Crippen molar-refractivity contribution in [2.75, 3.05) is 6.54 Å². The molecule has 0 spiro atoms. The minimum atomic E-state index is 0.662. The first-order valence-electron chi connectivity index (χ1n) is 7.32. The molecular formula is C17H23NOS. The average molecular weight is 289 g/mol. The number of hydrogen-bond donors (Lipinski definition) is 1. The van der Waals surface area contributed by atoms with Crippen LogP contribution in [0.5, 0.6) is 5.75 Å². The maximum atomic E-state index is 5.94. The summed E-state index contributed by atoms with van der Waals surface area (Å²) in [6.07, 6.45) is 2.18. The highest BCUT2D eigenvalue weighted by Crippen LogP contribution is 2.22. The van der Waals surface area contributed by atoms with Gasteiger partial charge in [-0.1, -0.05) is 32.0 Å². The standard InChI is InChI=1S/C17H23NOS/c1-3-11-18-12-15-9-10-16(20-15)13-19-17-8-6-5-7-14(17)4-2/h5-10,18H,3-4,11-13H2,1-2H3. The summed E-state index contributed by atoms with van der Waals surface area (Å²) in [5, 5.41) is 3.43. The van der Waals surface area contributed by atoms with Crippen molar-refractivity contribution in [2.45, 2.75) is 39.8 Å². The molecule has 0 aliphatic rings. The molecule has 0 aliphatic heterocycles. The first-order valence-corrected chi connectivity index (χ1v) is 8.14. The number of para-hydroxylation sites is 1. The van der Waals surface area contributed by atoms with Crippen LogP contribution in [0.25, 0.3) is 0 Å². The summed E-state index contributed by atoms with van der Waals surface area (Å²) in [6.45, 7) is 7.05. The number of rotatable bonds is 8. The molecule has 0 aliphatic carbocycles. The molecule has 3 heteroatoms. The van der Waals surface area contributed by atoms with Gasteiger partial charge >= 0.3 is 0 Å². The van der Waals surface area contributed by atoms with E-state index >= 15 is 0 Å². The maximum Gasteiger partial charge on any atom is 0.123 e. The first kappa shape index (κ1) is 15.1. The highest BCUT2D eigenvalue weighted by Gasteiger charge is 2.04. The van der Waals surface area contributed by atoms with Gasteiger partial charge < -0.3 is 10.1 Å². The van der Waals surface area contributed by atoms with Gasteiger partial charge in [0.05, 0.1) is 0 Å². The van der Waals surface area contributed by atoms with Gasteiger partial charge in [-0.15, -0.1) is 11.3 Å². The van der Waals surface area contributed by atoms with E-state index in [1.54, 1.807) is 0 Å². The van der Waals surface area contributed by atoms with Crippen LogP contribution < -0.4 is 10.1 Å². The zero-order valence-electron chi connectivity index (χ0n) is 12.3. The van der Waals surface area contributed by atoms with Crippen LogP contribution in [-0.2, 0) is 19.6 Å². The van der Waals surface area contributed by atoms with Crippen molar-refractivity contribution in [3.63, 3.8) is 0 Å². The molecule has 1 heterocycles. The monoisotopic (exact) mass is 289 g/mol. The lowest BCUT2D eigenvalue weighted by molar-refractivity contribution is 0.306. The van der Waals surface area contributed by atoms with Gasteiger partial charge in [0.1, 0.15) is 12.4 Å². The molecule has 0 radical (unpaired) electrons. The Balaban J connectivity index is 1.87. The molecule has 2 rings (SSSR count). The normalized spacial score (nSPS) is 10.7. The fraction of sp³-hybridized carbons (Fsp3) is 0.412. The zero-order valence-corrected chi connectivity index (χ0v) is 13.1. The van der Waals surface area contributed by atoms with E-state index in [2.05, 4.69) is 49.5 Å². The van der Waals surface area contributed by atoms with Crippen LogP contribution in [0.4, 0.5) is 0 Å². The van der Waals surface area contributed by atoms with Crippen molar-refractivity contribution in [2.24, 2.45) is 0 Å². The summed E-state index contributed by atoms with van der Waals surface area (Å²) in [6, 6.07) is 12.6. The smallest absolute Gasteiger partial charge is 0.123 e. The summed E-state index contributed by atoms with van der Waals surface area (Å²) in [7, 11) is 0. The van der Waals surface area contributed by atoms with E-state index in [1.807, 2.05) is 17.4 Å². The first-order chi connectivity index (χ1) is 9.83. The number of nitrogens with one attached hydrogen (secondary N) is 1. The number of thiophene rings is 1. The van der Waals surface area contributed by atoms with Crippen LogP contribution in [0.15, 0.2) is 36.4 Å². The van der Waals surface area contributed by atoms with Crippen LogP contribution in [0.2, 0.25) is 0 Å². The Morgan fingerprint density at radius 2 is 1.85 bits per heavy atom. The van der Waals surface area contributed by atoms with E-state index in [0.717, 1.165) is 25.3 Å². The predicted octanol–water partition coefficient (Wildman–Crippen LogP) is 4.39. The molecule has 0 unspecified atom stereocenters. The van der Waals surface area contributed by atoms with Gasteiger partial charge in [0.2, 0.25) is 0 Å². The Morgan fingerprint density at radius 1 is 1.05 bits per heavy atom. The van der Waals surface area contributed by atoms with Crippen molar-refractivity contribution in [3.05, 3.63) is 51.7 Å². The van der Waals surface area contributed by atoms with Crippen molar-refractivity contribution in [3.8, 4) is 5.75 Å². The molecule has 0 atom stereocenters. The van der Waals surface area contributed by atoms with Crippen LogP contribution >= 0.6 is 11.3 Å². The maximum absolute atomic E-state index is 5.94. The summed E-state index contributed by atoms with van der Waals surface area (Å²) in [4.78, 5) is 2.66. The van der Waals surface area contributed by atoms with Gasteiger partial charge in [0, 0.05) is 16.3 Å². The quantitative estimate of drug-likeness (QED) is 0.728. The predicted molar refractivity (Wildman–Crippen MR) is 86.5 cm³/mol. The van der Waals surface area contributed by atoms with Gasteiger partial charge in [-0.05, 0) is 43.1 Å². The van der Waals surface area contributed by atoms with Crippen molar-refractivity contribution < 1.29 is 4.74 Å². The zero-order chi connectivity index (χ0) is 14.2. The second-order valence-electron chi connectivity index (χ2n) is 4.79. The van der Waals surface area contributed by atoms with Gasteiger partial charge in [0.15, 0.2) is 0 Å². The Morgan fingerprint density at radius 3 is 2.65 bits per heavy atom. The Labute approximate surface area is 125 Å². The lowest BCUT2D eigenvalue weighted by atomic mass is 10.1. The molecule has 0 saturated heterocycles. The van der Waals surface area contributed by atoms with Crippen molar-refractivity contribution >= 4 is 11.3 Å². The molecule has 1 N–H and O–H groups in total. The molecule has 1 aromatic heterocycles. The van der Waals surface area contributed by atoms with E-state index in [1.165, 1.54) is 21.7 Å². The van der Waals surface area contributed by atoms with Gasteiger partial charge in [-0.2, -0.15) is 0 Å². The summed E-state index contributed by atoms with van der Waals surface area (Å²) in [5.41, 5.74) is 1.27. The molecule has 0 bridgehead atoms. The number of ether oxygens (including phenoxy) is 1. The van der Waals surface area contributed by atoms with Crippen LogP contribution in [0.1, 0.15) is 35.6 Å². The van der Waals surface area contributed by atoms with Crippen LogP contribution in [-0.4, -0.2) is 6.54 Å². The van der Waals surface area contributed by atoms with E-state index in [9.17, 15) is 0 Å². The third kappa shape index (κ3) is 4.36. The number of hydrogen-bond acceptors (Lipinski definition) is 3. The minimum absolute atomic E-state index is 0.662. The highest BCUT2D eigenvalue weighted by molar-refractivity contribution is 7.11. The van der Waals surface area contributed by atoms with Crippen molar-refractivity contribution in [1.82, 2.24) is 5.32 Å². The number of benzene rings is 1. The molecule has 2 aromatic rings. The molecule has 20 heavy (non-hydrogen) atoms.